The number of halogens is 4. The van der Waals surface area contributed by atoms with Crippen molar-refractivity contribution in [3.63, 3.8) is 0 Å². The summed E-state index contributed by atoms with van der Waals surface area (Å²) in [6.07, 6.45) is -4.59. The molecule has 0 atom stereocenters. The van der Waals surface area contributed by atoms with Crippen molar-refractivity contribution in [1.29, 1.82) is 0 Å². The molecule has 0 aliphatic rings. The van der Waals surface area contributed by atoms with Gasteiger partial charge in [0.15, 0.2) is 16.7 Å². The molecule has 6 nitrogen and oxygen atoms in total. The number of anilines is 2. The largest absolute Gasteiger partial charge is 0.494 e. The number of thiocarbonyl (C=S) groups is 1. The van der Waals surface area contributed by atoms with E-state index < -0.39 is 17.0 Å². The Kier molecular flexibility index (Phi) is 5.39. The van der Waals surface area contributed by atoms with Gasteiger partial charge in [0.25, 0.3) is 0 Å². The average molecular weight is 382 g/mol. The first-order chi connectivity index (χ1) is 11.2. The SMILES string of the molecule is COc1cc(OC)c(NC(=S)Nc2nnc(C(F)(F)F)s2)cc1F. The molecule has 2 rings (SSSR count). The normalized spacial score (nSPS) is 11.1. The van der Waals surface area contributed by atoms with Crippen LogP contribution in [0.4, 0.5) is 28.4 Å². The first kappa shape index (κ1) is 18.1. The van der Waals surface area contributed by atoms with Gasteiger partial charge in [0.1, 0.15) is 5.75 Å². The van der Waals surface area contributed by atoms with Crippen LogP contribution in [-0.4, -0.2) is 29.5 Å². The Morgan fingerprint density at radius 2 is 1.79 bits per heavy atom. The van der Waals surface area contributed by atoms with Crippen LogP contribution >= 0.6 is 23.6 Å². The third-order valence-corrected chi connectivity index (χ3v) is 3.70. The molecule has 1 aromatic carbocycles. The number of nitrogens with one attached hydrogen (secondary N) is 2. The lowest BCUT2D eigenvalue weighted by molar-refractivity contribution is -0.138. The monoisotopic (exact) mass is 382 g/mol. The molecule has 0 fully saturated rings. The van der Waals surface area contributed by atoms with Crippen molar-refractivity contribution >= 4 is 39.5 Å². The number of hydrogen-bond acceptors (Lipinski definition) is 6. The highest BCUT2D eigenvalue weighted by Gasteiger charge is 2.35. The van der Waals surface area contributed by atoms with Crippen molar-refractivity contribution in [3.8, 4) is 11.5 Å². The number of ether oxygens (including phenoxy) is 2. The number of methoxy groups -OCH3 is 2. The summed E-state index contributed by atoms with van der Waals surface area (Å²) in [6.45, 7) is 0. The van der Waals surface area contributed by atoms with E-state index in [2.05, 4.69) is 20.8 Å². The minimum absolute atomic E-state index is 0.0322. The second-order valence-corrected chi connectivity index (χ2v) is 5.56. The quantitative estimate of drug-likeness (QED) is 0.619. The fraction of sp³-hybridized carbons (Fsp3) is 0.250. The minimum Gasteiger partial charge on any atom is -0.494 e. The molecule has 2 N–H and O–H groups in total. The lowest BCUT2D eigenvalue weighted by Gasteiger charge is -2.13. The zero-order valence-corrected chi connectivity index (χ0v) is 13.8. The highest BCUT2D eigenvalue weighted by molar-refractivity contribution is 7.80. The summed E-state index contributed by atoms with van der Waals surface area (Å²) in [7, 11) is 2.65. The molecule has 0 aliphatic carbocycles. The molecule has 0 spiro atoms. The van der Waals surface area contributed by atoms with Gasteiger partial charge in [0.2, 0.25) is 10.1 Å². The third kappa shape index (κ3) is 4.20. The van der Waals surface area contributed by atoms with Crippen LogP contribution in [0, 0.1) is 5.82 Å². The van der Waals surface area contributed by atoms with Crippen molar-refractivity contribution in [1.82, 2.24) is 10.2 Å². The van der Waals surface area contributed by atoms with E-state index in [4.69, 9.17) is 21.7 Å². The van der Waals surface area contributed by atoms with E-state index in [1.807, 2.05) is 0 Å². The molecule has 0 radical (unpaired) electrons. The number of aromatic nitrogens is 2. The van der Waals surface area contributed by atoms with Crippen molar-refractivity contribution in [3.05, 3.63) is 23.0 Å². The molecule has 130 valence electrons. The molecular weight excluding hydrogens is 372 g/mol. The number of alkyl halides is 3. The Balaban J connectivity index is 2.12. The molecule has 0 aliphatic heterocycles. The van der Waals surface area contributed by atoms with E-state index in [1.54, 1.807) is 0 Å². The van der Waals surface area contributed by atoms with Gasteiger partial charge in [0.05, 0.1) is 19.9 Å². The van der Waals surface area contributed by atoms with E-state index in [0.717, 1.165) is 6.07 Å². The minimum atomic E-state index is -4.59. The lowest BCUT2D eigenvalue weighted by atomic mass is 10.2. The maximum Gasteiger partial charge on any atom is 0.445 e. The molecular formula is C12H10F4N4O2S2. The van der Waals surface area contributed by atoms with Gasteiger partial charge in [-0.1, -0.05) is 11.3 Å². The highest BCUT2D eigenvalue weighted by Crippen LogP contribution is 2.34. The van der Waals surface area contributed by atoms with Gasteiger partial charge >= 0.3 is 6.18 Å². The fourth-order valence-electron chi connectivity index (χ4n) is 1.60. The Labute approximate surface area is 142 Å². The summed E-state index contributed by atoms with van der Waals surface area (Å²) in [5.74, 6) is -0.472. The van der Waals surface area contributed by atoms with Crippen LogP contribution in [0.5, 0.6) is 11.5 Å². The lowest BCUT2D eigenvalue weighted by Crippen LogP contribution is -2.19. The van der Waals surface area contributed by atoms with Crippen molar-refractivity contribution < 1.29 is 27.0 Å². The van der Waals surface area contributed by atoms with E-state index in [-0.39, 0.29) is 38.8 Å². The summed E-state index contributed by atoms with van der Waals surface area (Å²) < 4.78 is 61.0. The molecule has 0 amide bonds. The Morgan fingerprint density at radius 1 is 1.12 bits per heavy atom. The van der Waals surface area contributed by atoms with Crippen LogP contribution in [0.1, 0.15) is 5.01 Å². The number of hydrogen-bond donors (Lipinski definition) is 2. The Bertz CT molecular complexity index is 751. The van der Waals surface area contributed by atoms with E-state index in [1.165, 1.54) is 20.3 Å². The van der Waals surface area contributed by atoms with Gasteiger partial charge < -0.3 is 20.1 Å². The van der Waals surface area contributed by atoms with Gasteiger partial charge in [-0.3, -0.25) is 0 Å². The highest BCUT2D eigenvalue weighted by atomic mass is 32.1. The third-order valence-electron chi connectivity index (χ3n) is 2.61. The molecule has 0 bridgehead atoms. The van der Waals surface area contributed by atoms with Gasteiger partial charge in [0, 0.05) is 12.1 Å². The first-order valence-electron chi connectivity index (χ1n) is 6.14. The van der Waals surface area contributed by atoms with E-state index >= 15 is 0 Å². The summed E-state index contributed by atoms with van der Waals surface area (Å²) in [5.41, 5.74) is 0.161. The zero-order chi connectivity index (χ0) is 17.9. The second kappa shape index (κ2) is 7.13. The molecule has 1 heterocycles. The standard InChI is InChI=1S/C12H10F4N4O2S2/c1-21-7-4-8(22-2)6(3-5(7)13)17-10(23)18-11-20-19-9(24-11)12(14,15)16/h3-4H,1-2H3,(H2,17,18,20,23). The van der Waals surface area contributed by atoms with Crippen molar-refractivity contribution in [2.45, 2.75) is 6.18 Å². The summed E-state index contributed by atoms with van der Waals surface area (Å²) in [5, 5.41) is 10.0. The maximum absolute atomic E-state index is 13.7. The van der Waals surface area contributed by atoms with Gasteiger partial charge in [-0.2, -0.15) is 13.2 Å². The first-order valence-corrected chi connectivity index (χ1v) is 7.37. The van der Waals surface area contributed by atoms with Gasteiger partial charge in [-0.05, 0) is 12.2 Å². The van der Waals surface area contributed by atoms with E-state index in [0.29, 0.717) is 0 Å². The maximum atomic E-state index is 13.7. The molecule has 0 saturated carbocycles. The topological polar surface area (TPSA) is 68.3 Å². The average Bonchev–Trinajstić information content (AvgIpc) is 2.96. The molecule has 1 aromatic heterocycles. The molecule has 12 heteroatoms. The van der Waals surface area contributed by atoms with Crippen LogP contribution in [0.25, 0.3) is 0 Å². The second-order valence-electron chi connectivity index (χ2n) is 4.18. The van der Waals surface area contributed by atoms with Crippen LogP contribution in [0.15, 0.2) is 12.1 Å². The van der Waals surface area contributed by atoms with E-state index in [9.17, 15) is 17.6 Å². The molecule has 0 unspecified atom stereocenters. The molecule has 24 heavy (non-hydrogen) atoms. The predicted octanol–water partition coefficient (Wildman–Crippen LogP) is 3.52. The molecule has 0 saturated heterocycles. The Morgan fingerprint density at radius 3 is 2.33 bits per heavy atom. The van der Waals surface area contributed by atoms with Crippen LogP contribution < -0.4 is 20.1 Å². The van der Waals surface area contributed by atoms with Crippen LogP contribution in [0.3, 0.4) is 0 Å². The number of nitrogens with zero attached hydrogens (tertiary/aromatic N) is 2. The summed E-state index contributed by atoms with van der Waals surface area (Å²) in [6, 6.07) is 2.37. The zero-order valence-electron chi connectivity index (χ0n) is 12.2. The van der Waals surface area contributed by atoms with Crippen molar-refractivity contribution in [2.24, 2.45) is 0 Å². The van der Waals surface area contributed by atoms with Crippen LogP contribution in [-0.2, 0) is 6.18 Å². The fourth-order valence-corrected chi connectivity index (χ4v) is 2.48. The Hall–Kier alpha value is -2.21. The summed E-state index contributed by atoms with van der Waals surface area (Å²) >= 11 is 5.25. The van der Waals surface area contributed by atoms with Gasteiger partial charge in [-0.15, -0.1) is 10.2 Å². The van der Waals surface area contributed by atoms with Crippen LogP contribution in [0.2, 0.25) is 0 Å². The molecule has 2 aromatic rings. The van der Waals surface area contributed by atoms with Gasteiger partial charge in [-0.25, -0.2) is 4.39 Å². The number of rotatable bonds is 4. The summed E-state index contributed by atoms with van der Waals surface area (Å²) in [4.78, 5) is 0. The smallest absolute Gasteiger partial charge is 0.445 e. The predicted molar refractivity (Wildman–Crippen MR) is 84.3 cm³/mol. The van der Waals surface area contributed by atoms with Crippen molar-refractivity contribution in [2.75, 3.05) is 24.9 Å². The number of benzene rings is 1.